The van der Waals surface area contributed by atoms with Gasteiger partial charge in [0.05, 0.1) is 33.7 Å². The summed E-state index contributed by atoms with van der Waals surface area (Å²) in [6.07, 6.45) is 0.193. The molecule has 0 heterocycles. The van der Waals surface area contributed by atoms with Gasteiger partial charge in [0.15, 0.2) is 0 Å². The number of aliphatic carboxylic acids is 1. The van der Waals surface area contributed by atoms with Crippen molar-refractivity contribution in [2.24, 2.45) is 0 Å². The van der Waals surface area contributed by atoms with Crippen LogP contribution in [-0.2, 0) is 27.9 Å². The quantitative estimate of drug-likeness (QED) is 0.175. The van der Waals surface area contributed by atoms with Gasteiger partial charge < -0.3 is 24.0 Å². The van der Waals surface area contributed by atoms with Gasteiger partial charge in [-0.15, -0.1) is 0 Å². The largest absolute Gasteiger partial charge is 0.545 e. The number of esters is 1. The molecule has 0 saturated heterocycles. The van der Waals surface area contributed by atoms with Crippen LogP contribution in [0.1, 0.15) is 13.8 Å². The lowest BCUT2D eigenvalue weighted by Crippen LogP contribution is -2.42. The lowest BCUT2D eigenvalue weighted by Gasteiger charge is -2.28. The zero-order chi connectivity index (χ0) is 19.8. The molecule has 0 aliphatic rings. The molecule has 0 aromatic carbocycles. The van der Waals surface area contributed by atoms with E-state index in [0.717, 1.165) is 0 Å². The molecule has 144 valence electrons. The molecule has 0 aromatic rings. The Hall–Kier alpha value is -1.51. The molecule has 2 atom stereocenters. The predicted molar refractivity (Wildman–Crippen MR) is 88.1 cm³/mol. The monoisotopic (exact) mass is 379 g/mol. The van der Waals surface area contributed by atoms with E-state index in [1.165, 1.54) is 19.9 Å². The summed E-state index contributed by atoms with van der Waals surface area (Å²) in [5.41, 5.74) is 0.0585. The summed E-state index contributed by atoms with van der Waals surface area (Å²) in [5, 5.41) is 10.8. The fourth-order valence-electron chi connectivity index (χ4n) is 1.61. The Morgan fingerprint density at radius 3 is 2.28 bits per heavy atom. The van der Waals surface area contributed by atoms with Crippen molar-refractivity contribution in [1.82, 2.24) is 0 Å². The van der Waals surface area contributed by atoms with Gasteiger partial charge in [-0.05, 0) is 25.5 Å². The van der Waals surface area contributed by atoms with E-state index in [9.17, 15) is 24.2 Å². The third-order valence-electron chi connectivity index (χ3n) is 2.67. The van der Waals surface area contributed by atoms with E-state index in [0.29, 0.717) is 4.48 Å². The second kappa shape index (κ2) is 9.84. The number of hydrogen-bond donors (Lipinski definition) is 1. The summed E-state index contributed by atoms with van der Waals surface area (Å²) in [7, 11) is 0.927. The van der Waals surface area contributed by atoms with Crippen LogP contribution in [0.2, 0.25) is 0 Å². The van der Waals surface area contributed by atoms with Crippen LogP contribution in [0.4, 0.5) is 0 Å². The lowest BCUT2D eigenvalue weighted by atomic mass is 10.2. The third kappa shape index (κ3) is 11.6. The molecule has 0 aromatic heterocycles. The van der Waals surface area contributed by atoms with Crippen molar-refractivity contribution in [1.29, 1.82) is 0 Å². The minimum absolute atomic E-state index is 0.131. The lowest BCUT2D eigenvalue weighted by molar-refractivity contribution is -0.872. The van der Waals surface area contributed by atoms with Gasteiger partial charge in [0.1, 0.15) is 19.3 Å². The van der Waals surface area contributed by atoms with Gasteiger partial charge in [-0.3, -0.25) is 9.05 Å². The van der Waals surface area contributed by atoms with Crippen molar-refractivity contribution < 1.29 is 42.4 Å². The Morgan fingerprint density at radius 2 is 1.84 bits per heavy atom. The number of rotatable bonds is 11. The molecule has 0 radical (unpaired) electrons. The average Bonchev–Trinajstić information content (AvgIpc) is 2.40. The highest BCUT2D eigenvalue weighted by atomic mass is 31.2. The second-order valence-corrected chi connectivity index (χ2v) is 7.88. The molecule has 9 nitrogen and oxygen atoms in total. The molecule has 0 aliphatic heterocycles. The Bertz CT molecular complexity index is 579. The van der Waals surface area contributed by atoms with E-state index >= 15 is 0 Å². The zero-order valence-corrected chi connectivity index (χ0v) is 16.1. The number of carbonyl (C=O) groups excluding carboxylic acids is 2. The normalized spacial score (nSPS) is 16.0. The van der Waals surface area contributed by atoms with Crippen molar-refractivity contribution in [2.75, 3.05) is 40.9 Å². The van der Waals surface area contributed by atoms with Gasteiger partial charge in [-0.25, -0.2) is 9.36 Å². The van der Waals surface area contributed by atoms with E-state index in [1.54, 1.807) is 21.1 Å². The van der Waals surface area contributed by atoms with Crippen LogP contribution >= 0.6 is 7.82 Å². The molecule has 0 aliphatic carbocycles. The SMILES string of the molecule is C=C(C)C(=O)OCCOP(=O)(O)OC(C=C(C)C(=O)[O-])C[N+](C)(C)C. The Kier molecular flexibility index (Phi) is 9.24. The van der Waals surface area contributed by atoms with Crippen LogP contribution in [0, 0.1) is 0 Å². The topological polar surface area (TPSA) is 122 Å². The number of hydrogen-bond acceptors (Lipinski definition) is 7. The second-order valence-electron chi connectivity index (χ2n) is 6.47. The first kappa shape index (κ1) is 23.5. The van der Waals surface area contributed by atoms with Gasteiger partial charge in [0, 0.05) is 5.57 Å². The fraction of sp³-hybridized carbons (Fsp3) is 0.600. The summed E-state index contributed by atoms with van der Waals surface area (Å²) in [5.74, 6) is -2.05. The number of likely N-dealkylation sites (N-methyl/N-ethyl adjacent to an activating group) is 1. The molecule has 0 fully saturated rings. The first-order valence-corrected chi connectivity index (χ1v) is 8.91. The number of ether oxygens (including phenoxy) is 1. The molecule has 0 rings (SSSR count). The van der Waals surface area contributed by atoms with Crippen LogP contribution < -0.4 is 5.11 Å². The molecule has 0 saturated carbocycles. The van der Waals surface area contributed by atoms with Crippen molar-refractivity contribution in [2.45, 2.75) is 20.0 Å². The van der Waals surface area contributed by atoms with Crippen molar-refractivity contribution in [3.8, 4) is 0 Å². The first-order chi connectivity index (χ1) is 11.2. The van der Waals surface area contributed by atoms with Crippen LogP contribution in [0.5, 0.6) is 0 Å². The summed E-state index contributed by atoms with van der Waals surface area (Å²) in [4.78, 5) is 31.8. The van der Waals surface area contributed by atoms with E-state index in [4.69, 9.17) is 13.8 Å². The molecule has 10 heteroatoms. The smallest absolute Gasteiger partial charge is 0.473 e. The van der Waals surface area contributed by atoms with Crippen LogP contribution in [0.3, 0.4) is 0 Å². The van der Waals surface area contributed by atoms with Crippen molar-refractivity contribution in [3.05, 3.63) is 23.8 Å². The highest BCUT2D eigenvalue weighted by Crippen LogP contribution is 2.44. The molecular formula is C15H26NO8P. The third-order valence-corrected chi connectivity index (χ3v) is 3.72. The maximum absolute atomic E-state index is 12.0. The van der Waals surface area contributed by atoms with Crippen molar-refractivity contribution in [3.63, 3.8) is 0 Å². The van der Waals surface area contributed by atoms with E-state index in [1.807, 2.05) is 0 Å². The zero-order valence-electron chi connectivity index (χ0n) is 15.2. The van der Waals surface area contributed by atoms with Gasteiger partial charge in [0.25, 0.3) is 0 Å². The maximum Gasteiger partial charge on any atom is 0.473 e. The van der Waals surface area contributed by atoms with Crippen LogP contribution in [0.15, 0.2) is 23.8 Å². The number of phosphoric ester groups is 1. The maximum atomic E-state index is 12.0. The molecular weight excluding hydrogens is 353 g/mol. The minimum Gasteiger partial charge on any atom is -0.545 e. The Balaban J connectivity index is 4.81. The Morgan fingerprint density at radius 1 is 1.28 bits per heavy atom. The fourth-order valence-corrected chi connectivity index (χ4v) is 2.45. The summed E-state index contributed by atoms with van der Waals surface area (Å²) >= 11 is 0. The molecule has 0 amide bonds. The van der Waals surface area contributed by atoms with E-state index in [-0.39, 0.29) is 30.9 Å². The number of carbonyl (C=O) groups is 2. The molecule has 25 heavy (non-hydrogen) atoms. The number of nitrogens with zero attached hydrogens (tertiary/aromatic N) is 1. The first-order valence-electron chi connectivity index (χ1n) is 7.42. The van der Waals surface area contributed by atoms with Gasteiger partial charge in [0.2, 0.25) is 0 Å². The molecule has 1 N–H and O–H groups in total. The number of quaternary nitrogens is 1. The van der Waals surface area contributed by atoms with Crippen LogP contribution in [-0.4, -0.2) is 68.3 Å². The number of carboxylic acid groups (broad SMARTS) is 1. The molecule has 0 bridgehead atoms. The van der Waals surface area contributed by atoms with E-state index in [2.05, 4.69) is 6.58 Å². The Labute approximate surface area is 147 Å². The average molecular weight is 379 g/mol. The van der Waals surface area contributed by atoms with Crippen molar-refractivity contribution >= 4 is 19.8 Å². The predicted octanol–water partition coefficient (Wildman–Crippen LogP) is 0.0103. The van der Waals surface area contributed by atoms with Gasteiger partial charge >= 0.3 is 13.8 Å². The molecule has 0 spiro atoms. The molecule has 2 unspecified atom stereocenters. The number of carboxylic acids is 1. The highest BCUT2D eigenvalue weighted by Gasteiger charge is 2.29. The van der Waals surface area contributed by atoms with Gasteiger partial charge in [-0.1, -0.05) is 6.58 Å². The minimum atomic E-state index is -4.49. The highest BCUT2D eigenvalue weighted by molar-refractivity contribution is 7.47. The number of phosphoric acid groups is 1. The summed E-state index contributed by atoms with van der Waals surface area (Å²) in [6, 6.07) is 0. The standard InChI is InChI=1S/C15H26NO8P/c1-11(2)15(19)22-7-8-23-25(20,21)24-13(10-16(4,5)6)9-12(3)14(17)18/h9,13H,1,7-8,10H2,2-6H3,(H-,17,18,20,21). The van der Waals surface area contributed by atoms with E-state index < -0.39 is 25.9 Å². The summed E-state index contributed by atoms with van der Waals surface area (Å²) in [6.45, 7) is 5.74. The van der Waals surface area contributed by atoms with Crippen LogP contribution in [0.25, 0.3) is 0 Å². The van der Waals surface area contributed by atoms with Gasteiger partial charge in [-0.2, -0.15) is 0 Å². The summed E-state index contributed by atoms with van der Waals surface area (Å²) < 4.78 is 26.8.